The van der Waals surface area contributed by atoms with E-state index < -0.39 is 0 Å². The molecule has 1 nitrogen and oxygen atoms in total. The smallest absolute Gasteiger partial charge is 0.145 e. The average molecular weight is 130 g/mol. The molecule has 1 aliphatic rings. The lowest BCUT2D eigenvalue weighted by molar-refractivity contribution is -0.119. The third kappa shape index (κ3) is 1.25. The summed E-state index contributed by atoms with van der Waals surface area (Å²) in [5.41, 5.74) is 0. The molecule has 0 saturated heterocycles. The summed E-state index contributed by atoms with van der Waals surface area (Å²) >= 11 is 4.11. The van der Waals surface area contributed by atoms with Crippen LogP contribution in [0, 0.1) is 0 Å². The van der Waals surface area contributed by atoms with E-state index in [1.807, 2.05) is 0 Å². The average Bonchev–Trinajstić information content (AvgIpc) is 1.77. The van der Waals surface area contributed by atoms with Crippen molar-refractivity contribution in [1.82, 2.24) is 0 Å². The lowest BCUT2D eigenvalue weighted by Crippen LogP contribution is -2.18. The van der Waals surface area contributed by atoms with Gasteiger partial charge in [-0.2, -0.15) is 12.6 Å². The lowest BCUT2D eigenvalue weighted by atomic mass is 9.99. The number of hydrogen-bond donors (Lipinski definition) is 1. The molecule has 0 spiro atoms. The molecule has 0 heterocycles. The van der Waals surface area contributed by atoms with Gasteiger partial charge in [0, 0.05) is 6.42 Å². The molecule has 1 aliphatic carbocycles. The number of hydrogen-bond acceptors (Lipinski definition) is 2. The molecule has 1 atom stereocenters. The maximum absolute atomic E-state index is 10.7. The summed E-state index contributed by atoms with van der Waals surface area (Å²) in [5.74, 6) is 0.333. The molecule has 46 valence electrons. The molecule has 1 rings (SSSR count). The zero-order chi connectivity index (χ0) is 5.98. The topological polar surface area (TPSA) is 17.1 Å². The second kappa shape index (κ2) is 2.53. The zero-order valence-corrected chi connectivity index (χ0v) is 5.66. The molecule has 0 radical (unpaired) electrons. The van der Waals surface area contributed by atoms with Crippen LogP contribution < -0.4 is 0 Å². The third-order valence-corrected chi connectivity index (χ3v) is 2.07. The van der Waals surface area contributed by atoms with Gasteiger partial charge >= 0.3 is 0 Å². The fourth-order valence-corrected chi connectivity index (χ4v) is 1.28. The van der Waals surface area contributed by atoms with E-state index in [2.05, 4.69) is 12.6 Å². The van der Waals surface area contributed by atoms with Crippen LogP contribution in [0.4, 0.5) is 0 Å². The van der Waals surface area contributed by atoms with Crippen LogP contribution in [0.25, 0.3) is 0 Å². The van der Waals surface area contributed by atoms with Crippen LogP contribution in [-0.2, 0) is 4.79 Å². The lowest BCUT2D eigenvalue weighted by Gasteiger charge is -2.13. The summed E-state index contributed by atoms with van der Waals surface area (Å²) < 4.78 is 0. The standard InChI is InChI=1S/C6H10OS/c7-5-3-1-2-4-6(5)8/h6,8H,1-4H2/t6-/m0/s1. The Balaban J connectivity index is 2.39. The van der Waals surface area contributed by atoms with Crippen molar-refractivity contribution in [2.24, 2.45) is 0 Å². The summed E-state index contributed by atoms with van der Waals surface area (Å²) in [6, 6.07) is 0. The van der Waals surface area contributed by atoms with E-state index in [-0.39, 0.29) is 5.25 Å². The molecule has 0 aromatic carbocycles. The van der Waals surface area contributed by atoms with E-state index >= 15 is 0 Å². The van der Waals surface area contributed by atoms with Gasteiger partial charge in [0.25, 0.3) is 0 Å². The van der Waals surface area contributed by atoms with Gasteiger partial charge in [-0.15, -0.1) is 0 Å². The maximum atomic E-state index is 10.7. The first-order valence-corrected chi connectivity index (χ1v) is 3.53. The van der Waals surface area contributed by atoms with E-state index in [1.165, 1.54) is 6.42 Å². The highest BCUT2D eigenvalue weighted by molar-refractivity contribution is 7.81. The molecular formula is C6H10OS. The van der Waals surface area contributed by atoms with E-state index in [0.29, 0.717) is 5.78 Å². The Hall–Kier alpha value is 0.0200. The molecule has 0 unspecified atom stereocenters. The molecule has 8 heavy (non-hydrogen) atoms. The Morgan fingerprint density at radius 1 is 1.50 bits per heavy atom. The first kappa shape index (κ1) is 6.14. The molecule has 0 amide bonds. The number of ketones is 1. The minimum absolute atomic E-state index is 0.0590. The number of thiol groups is 1. The number of carbonyl (C=O) groups is 1. The molecule has 0 aromatic heterocycles. The van der Waals surface area contributed by atoms with Gasteiger partial charge < -0.3 is 0 Å². The van der Waals surface area contributed by atoms with Gasteiger partial charge in [0.15, 0.2) is 0 Å². The van der Waals surface area contributed by atoms with Crippen molar-refractivity contribution in [3.8, 4) is 0 Å². The van der Waals surface area contributed by atoms with Crippen LogP contribution in [0.1, 0.15) is 25.7 Å². The summed E-state index contributed by atoms with van der Waals surface area (Å²) in [7, 11) is 0. The van der Waals surface area contributed by atoms with E-state index in [1.54, 1.807) is 0 Å². The number of Topliss-reactive ketones (excluding diaryl/α,β-unsaturated/α-hetero) is 1. The predicted molar refractivity (Wildman–Crippen MR) is 36.2 cm³/mol. The second-order valence-corrected chi connectivity index (χ2v) is 2.85. The molecule has 0 aliphatic heterocycles. The van der Waals surface area contributed by atoms with Crippen molar-refractivity contribution in [2.75, 3.05) is 0 Å². The van der Waals surface area contributed by atoms with E-state index in [9.17, 15) is 4.79 Å². The van der Waals surface area contributed by atoms with Gasteiger partial charge in [0.05, 0.1) is 5.25 Å². The van der Waals surface area contributed by atoms with Crippen molar-refractivity contribution in [3.63, 3.8) is 0 Å². The summed E-state index contributed by atoms with van der Waals surface area (Å²) in [4.78, 5) is 10.7. The predicted octanol–water partition coefficient (Wildman–Crippen LogP) is 1.43. The fraction of sp³-hybridized carbons (Fsp3) is 0.833. The third-order valence-electron chi connectivity index (χ3n) is 1.52. The minimum atomic E-state index is 0.0590. The van der Waals surface area contributed by atoms with Crippen molar-refractivity contribution < 1.29 is 4.79 Å². The van der Waals surface area contributed by atoms with Gasteiger partial charge in [-0.25, -0.2) is 0 Å². The Kier molecular flexibility index (Phi) is 1.95. The Morgan fingerprint density at radius 2 is 2.25 bits per heavy atom. The Morgan fingerprint density at radius 3 is 2.62 bits per heavy atom. The monoisotopic (exact) mass is 130 g/mol. The highest BCUT2D eigenvalue weighted by Gasteiger charge is 2.17. The van der Waals surface area contributed by atoms with E-state index in [0.717, 1.165) is 19.3 Å². The zero-order valence-electron chi connectivity index (χ0n) is 4.76. The van der Waals surface area contributed by atoms with Crippen LogP contribution in [-0.4, -0.2) is 11.0 Å². The minimum Gasteiger partial charge on any atom is -0.298 e. The SMILES string of the molecule is O=C1CCCC[C@@H]1S. The normalized spacial score (nSPS) is 30.6. The second-order valence-electron chi connectivity index (χ2n) is 2.23. The Bertz CT molecular complexity index is 101. The van der Waals surface area contributed by atoms with Gasteiger partial charge in [-0.05, 0) is 12.8 Å². The molecule has 2 heteroatoms. The van der Waals surface area contributed by atoms with Gasteiger partial charge in [-0.1, -0.05) is 6.42 Å². The van der Waals surface area contributed by atoms with Crippen molar-refractivity contribution in [2.45, 2.75) is 30.9 Å². The van der Waals surface area contributed by atoms with Crippen molar-refractivity contribution >= 4 is 18.4 Å². The van der Waals surface area contributed by atoms with Gasteiger partial charge in [0.2, 0.25) is 0 Å². The summed E-state index contributed by atoms with van der Waals surface area (Å²) in [6.45, 7) is 0. The largest absolute Gasteiger partial charge is 0.298 e. The Labute approximate surface area is 54.9 Å². The van der Waals surface area contributed by atoms with Crippen LogP contribution in [0.15, 0.2) is 0 Å². The van der Waals surface area contributed by atoms with Crippen LogP contribution in [0.5, 0.6) is 0 Å². The van der Waals surface area contributed by atoms with Gasteiger partial charge in [0.1, 0.15) is 5.78 Å². The van der Waals surface area contributed by atoms with Crippen LogP contribution in [0.3, 0.4) is 0 Å². The molecule has 0 N–H and O–H groups in total. The van der Waals surface area contributed by atoms with Crippen molar-refractivity contribution in [3.05, 3.63) is 0 Å². The first-order valence-electron chi connectivity index (χ1n) is 3.01. The molecule has 1 fully saturated rings. The van der Waals surface area contributed by atoms with Crippen LogP contribution >= 0.6 is 12.6 Å². The van der Waals surface area contributed by atoms with E-state index in [4.69, 9.17) is 0 Å². The van der Waals surface area contributed by atoms with Crippen molar-refractivity contribution in [1.29, 1.82) is 0 Å². The maximum Gasteiger partial charge on any atom is 0.145 e. The van der Waals surface area contributed by atoms with Crippen LogP contribution in [0.2, 0.25) is 0 Å². The quantitative estimate of drug-likeness (QED) is 0.491. The first-order chi connectivity index (χ1) is 3.80. The molecule has 0 bridgehead atoms. The summed E-state index contributed by atoms with van der Waals surface area (Å²) in [5, 5.41) is 0.0590. The molecule has 1 saturated carbocycles. The van der Waals surface area contributed by atoms with Gasteiger partial charge in [-0.3, -0.25) is 4.79 Å². The summed E-state index contributed by atoms with van der Waals surface area (Å²) in [6.07, 6.45) is 4.01. The molecule has 0 aromatic rings. The highest BCUT2D eigenvalue weighted by Crippen LogP contribution is 2.18. The fourth-order valence-electron chi connectivity index (χ4n) is 0.965. The molecular weight excluding hydrogens is 120 g/mol. The highest BCUT2D eigenvalue weighted by atomic mass is 32.1. The number of carbonyl (C=O) groups excluding carboxylic acids is 1. The number of rotatable bonds is 0.